The topological polar surface area (TPSA) is 88.0 Å². The van der Waals surface area contributed by atoms with Gasteiger partial charge in [-0.1, -0.05) is 0 Å². The standard InChI is InChI=1S/C13H19N5O2/c1-4-20-13(19)11-12(14)18(9(2)16-11)8-6-10-5-7-15-17(10)3/h5,7H,4,6,8,14H2,1-3H3. The highest BCUT2D eigenvalue weighted by atomic mass is 16.5. The van der Waals surface area contributed by atoms with Crippen molar-refractivity contribution in [2.75, 3.05) is 12.3 Å². The van der Waals surface area contributed by atoms with Gasteiger partial charge in [0.2, 0.25) is 0 Å². The van der Waals surface area contributed by atoms with E-state index in [9.17, 15) is 4.79 Å². The minimum Gasteiger partial charge on any atom is -0.461 e. The molecule has 108 valence electrons. The van der Waals surface area contributed by atoms with Gasteiger partial charge in [0.05, 0.1) is 6.61 Å². The molecule has 2 N–H and O–H groups in total. The van der Waals surface area contributed by atoms with Gasteiger partial charge < -0.3 is 15.0 Å². The van der Waals surface area contributed by atoms with Crippen LogP contribution in [0.2, 0.25) is 0 Å². The third kappa shape index (κ3) is 2.66. The van der Waals surface area contributed by atoms with Crippen molar-refractivity contribution in [3.63, 3.8) is 0 Å². The lowest BCUT2D eigenvalue weighted by molar-refractivity contribution is 0.0521. The predicted octanol–water partition coefficient (Wildman–Crippen LogP) is 0.927. The summed E-state index contributed by atoms with van der Waals surface area (Å²) in [5.74, 6) is 0.572. The van der Waals surface area contributed by atoms with E-state index >= 15 is 0 Å². The Bertz CT molecular complexity index is 614. The Morgan fingerprint density at radius 2 is 2.25 bits per heavy atom. The smallest absolute Gasteiger partial charge is 0.360 e. The highest BCUT2D eigenvalue weighted by Gasteiger charge is 2.19. The summed E-state index contributed by atoms with van der Waals surface area (Å²) >= 11 is 0. The number of ether oxygens (including phenoxy) is 1. The maximum Gasteiger partial charge on any atom is 0.360 e. The number of aromatic nitrogens is 4. The second-order valence-corrected chi connectivity index (χ2v) is 4.46. The third-order valence-corrected chi connectivity index (χ3v) is 3.18. The first-order valence-corrected chi connectivity index (χ1v) is 6.51. The molecule has 0 amide bonds. The molecule has 0 saturated carbocycles. The molecule has 0 fully saturated rings. The molecule has 0 aliphatic heterocycles. The monoisotopic (exact) mass is 277 g/mol. The zero-order valence-electron chi connectivity index (χ0n) is 12.0. The molecule has 0 aromatic carbocycles. The molecule has 2 rings (SSSR count). The van der Waals surface area contributed by atoms with Crippen molar-refractivity contribution in [1.29, 1.82) is 0 Å². The Kier molecular flexibility index (Phi) is 4.07. The zero-order valence-corrected chi connectivity index (χ0v) is 12.0. The van der Waals surface area contributed by atoms with E-state index in [0.717, 1.165) is 12.1 Å². The van der Waals surface area contributed by atoms with Crippen LogP contribution in [0.1, 0.15) is 28.9 Å². The van der Waals surface area contributed by atoms with E-state index in [1.54, 1.807) is 13.1 Å². The van der Waals surface area contributed by atoms with E-state index in [1.165, 1.54) is 0 Å². The molecule has 0 aliphatic carbocycles. The SMILES string of the molecule is CCOC(=O)c1nc(C)n(CCc2ccnn2C)c1N. The summed E-state index contributed by atoms with van der Waals surface area (Å²) in [6.07, 6.45) is 2.52. The number of carbonyl (C=O) groups is 1. The molecule has 20 heavy (non-hydrogen) atoms. The second-order valence-electron chi connectivity index (χ2n) is 4.46. The Morgan fingerprint density at radius 3 is 2.85 bits per heavy atom. The average Bonchev–Trinajstić information content (AvgIpc) is 2.93. The fourth-order valence-electron chi connectivity index (χ4n) is 2.09. The van der Waals surface area contributed by atoms with E-state index in [1.807, 2.05) is 29.3 Å². The van der Waals surface area contributed by atoms with Crippen molar-refractivity contribution in [1.82, 2.24) is 19.3 Å². The summed E-state index contributed by atoms with van der Waals surface area (Å²) < 4.78 is 8.57. The highest BCUT2D eigenvalue weighted by Crippen LogP contribution is 2.16. The first-order chi connectivity index (χ1) is 9.54. The fraction of sp³-hybridized carbons (Fsp3) is 0.462. The van der Waals surface area contributed by atoms with Crippen LogP contribution in [0.25, 0.3) is 0 Å². The van der Waals surface area contributed by atoms with E-state index in [2.05, 4.69) is 10.1 Å². The molecule has 7 heteroatoms. The summed E-state index contributed by atoms with van der Waals surface area (Å²) in [6.45, 7) is 4.52. The second kappa shape index (κ2) is 5.77. The van der Waals surface area contributed by atoms with Crippen LogP contribution in [0.4, 0.5) is 5.82 Å². The minimum atomic E-state index is -0.479. The number of carbonyl (C=O) groups excluding carboxylic acids is 1. The fourth-order valence-corrected chi connectivity index (χ4v) is 2.09. The predicted molar refractivity (Wildman–Crippen MR) is 74.2 cm³/mol. The Labute approximate surface area is 117 Å². The maximum atomic E-state index is 11.7. The van der Waals surface area contributed by atoms with Crippen LogP contribution < -0.4 is 5.73 Å². The molecule has 0 aliphatic rings. The normalized spacial score (nSPS) is 10.8. The molecule has 0 bridgehead atoms. The zero-order chi connectivity index (χ0) is 14.7. The van der Waals surface area contributed by atoms with Gasteiger partial charge in [0, 0.05) is 31.9 Å². The van der Waals surface area contributed by atoms with Crippen molar-refractivity contribution in [3.8, 4) is 0 Å². The van der Waals surface area contributed by atoms with Crippen LogP contribution in [0, 0.1) is 6.92 Å². The average molecular weight is 277 g/mol. The van der Waals surface area contributed by atoms with Crippen molar-refractivity contribution >= 4 is 11.8 Å². The quantitative estimate of drug-likeness (QED) is 0.821. The van der Waals surface area contributed by atoms with Gasteiger partial charge in [-0.15, -0.1) is 0 Å². The molecule has 0 radical (unpaired) electrons. The number of nitrogens with two attached hydrogens (primary N) is 1. The number of hydrogen-bond donors (Lipinski definition) is 1. The van der Waals surface area contributed by atoms with Crippen molar-refractivity contribution in [2.24, 2.45) is 7.05 Å². The summed E-state index contributed by atoms with van der Waals surface area (Å²) in [5, 5.41) is 4.12. The number of nitrogen functional groups attached to an aromatic ring is 1. The van der Waals surface area contributed by atoms with Crippen molar-refractivity contribution in [2.45, 2.75) is 26.8 Å². The van der Waals surface area contributed by atoms with Crippen LogP contribution >= 0.6 is 0 Å². The number of imidazole rings is 1. The van der Waals surface area contributed by atoms with Gasteiger partial charge in [-0.25, -0.2) is 9.78 Å². The molecule has 0 atom stereocenters. The van der Waals surface area contributed by atoms with Crippen LogP contribution in [-0.4, -0.2) is 31.9 Å². The van der Waals surface area contributed by atoms with Gasteiger partial charge in [0.25, 0.3) is 0 Å². The van der Waals surface area contributed by atoms with Gasteiger partial charge in [-0.2, -0.15) is 5.10 Å². The first kappa shape index (κ1) is 14.1. The number of rotatable bonds is 5. The summed E-state index contributed by atoms with van der Waals surface area (Å²) in [5.41, 5.74) is 7.27. The van der Waals surface area contributed by atoms with Crippen LogP contribution in [0.5, 0.6) is 0 Å². The molecular weight excluding hydrogens is 258 g/mol. The van der Waals surface area contributed by atoms with Crippen LogP contribution in [-0.2, 0) is 24.8 Å². The van der Waals surface area contributed by atoms with Gasteiger partial charge in [0.1, 0.15) is 11.6 Å². The largest absolute Gasteiger partial charge is 0.461 e. The van der Waals surface area contributed by atoms with Crippen LogP contribution in [0.15, 0.2) is 12.3 Å². The van der Waals surface area contributed by atoms with E-state index < -0.39 is 5.97 Å². The molecule has 2 heterocycles. The molecular formula is C13H19N5O2. The van der Waals surface area contributed by atoms with Crippen molar-refractivity contribution in [3.05, 3.63) is 29.5 Å². The number of nitrogens with zero attached hydrogens (tertiary/aromatic N) is 4. The third-order valence-electron chi connectivity index (χ3n) is 3.18. The Morgan fingerprint density at radius 1 is 1.50 bits per heavy atom. The lowest BCUT2D eigenvalue weighted by Gasteiger charge is -2.08. The molecule has 2 aromatic rings. The van der Waals surface area contributed by atoms with Crippen LogP contribution in [0.3, 0.4) is 0 Å². The Hall–Kier alpha value is -2.31. The molecule has 2 aromatic heterocycles. The molecule has 0 unspecified atom stereocenters. The van der Waals surface area contributed by atoms with Gasteiger partial charge in [-0.05, 0) is 19.9 Å². The summed E-state index contributed by atoms with van der Waals surface area (Å²) in [4.78, 5) is 15.9. The van der Waals surface area contributed by atoms with Gasteiger partial charge in [0.15, 0.2) is 5.69 Å². The van der Waals surface area contributed by atoms with Gasteiger partial charge in [-0.3, -0.25) is 4.68 Å². The van der Waals surface area contributed by atoms with E-state index in [-0.39, 0.29) is 5.69 Å². The molecule has 0 saturated heterocycles. The summed E-state index contributed by atoms with van der Waals surface area (Å²) in [7, 11) is 1.89. The Balaban J connectivity index is 2.16. The lowest BCUT2D eigenvalue weighted by Crippen LogP contribution is -2.12. The number of anilines is 1. The van der Waals surface area contributed by atoms with Gasteiger partial charge >= 0.3 is 5.97 Å². The minimum absolute atomic E-state index is 0.189. The first-order valence-electron chi connectivity index (χ1n) is 6.51. The number of aryl methyl sites for hydroxylation is 3. The number of esters is 1. The highest BCUT2D eigenvalue weighted by molar-refractivity contribution is 5.92. The molecule has 7 nitrogen and oxygen atoms in total. The summed E-state index contributed by atoms with van der Waals surface area (Å²) in [6, 6.07) is 1.95. The lowest BCUT2D eigenvalue weighted by atomic mass is 10.3. The van der Waals surface area contributed by atoms with Crippen molar-refractivity contribution < 1.29 is 9.53 Å². The van der Waals surface area contributed by atoms with E-state index in [4.69, 9.17) is 10.5 Å². The maximum absolute atomic E-state index is 11.7. The molecule has 0 spiro atoms. The number of hydrogen-bond acceptors (Lipinski definition) is 5. The van der Waals surface area contributed by atoms with E-state index in [0.29, 0.717) is 24.8 Å².